The topological polar surface area (TPSA) is 127 Å². The fourth-order valence-electron chi connectivity index (χ4n) is 2.11. The summed E-state index contributed by atoms with van der Waals surface area (Å²) in [6.45, 7) is 0.997. The number of thioether (sulfide) groups is 1. The van der Waals surface area contributed by atoms with E-state index in [9.17, 15) is 24.3 Å². The summed E-state index contributed by atoms with van der Waals surface area (Å²) in [4.78, 5) is 46.2. The minimum absolute atomic E-state index is 0.180. The van der Waals surface area contributed by atoms with Gasteiger partial charge in [-0.25, -0.2) is 4.79 Å². The number of aliphatic carboxylic acids is 1. The van der Waals surface area contributed by atoms with E-state index >= 15 is 0 Å². The first-order chi connectivity index (χ1) is 9.82. The number of Topliss-reactive ketones (excluding diaryl/α,β-unsaturated/α-hetero) is 1. The van der Waals surface area contributed by atoms with Gasteiger partial charge in [0.2, 0.25) is 5.91 Å². The van der Waals surface area contributed by atoms with Gasteiger partial charge in [-0.1, -0.05) is 0 Å². The van der Waals surface area contributed by atoms with Crippen LogP contribution in [0.15, 0.2) is 11.3 Å². The molecule has 1 saturated heterocycles. The highest BCUT2D eigenvalue weighted by Gasteiger charge is 2.51. The largest absolute Gasteiger partial charge is 0.477 e. The van der Waals surface area contributed by atoms with Gasteiger partial charge in [0.25, 0.3) is 0 Å². The number of rotatable bonds is 5. The van der Waals surface area contributed by atoms with Gasteiger partial charge < -0.3 is 15.6 Å². The molecule has 9 heteroatoms. The molecule has 0 radical (unpaired) electrons. The number of carboxylic acids is 1. The lowest BCUT2D eigenvalue weighted by Crippen LogP contribution is -2.68. The summed E-state index contributed by atoms with van der Waals surface area (Å²) in [5.41, 5.74) is 5.75. The van der Waals surface area contributed by atoms with Crippen LogP contribution >= 0.6 is 11.8 Å². The molecule has 0 saturated carbocycles. The number of carbonyl (C=O) groups is 4. The van der Waals surface area contributed by atoms with Gasteiger partial charge in [-0.2, -0.15) is 0 Å². The molecule has 2 aliphatic rings. The van der Waals surface area contributed by atoms with E-state index < -0.39 is 23.9 Å². The van der Waals surface area contributed by atoms with Crippen molar-refractivity contribution < 1.29 is 29.0 Å². The molecule has 114 valence electrons. The zero-order chi connectivity index (χ0) is 15.7. The molecule has 0 spiro atoms. The lowest BCUT2D eigenvalue weighted by molar-refractivity contribution is -0.148. The minimum Gasteiger partial charge on any atom is -0.477 e. The van der Waals surface area contributed by atoms with E-state index in [1.54, 1.807) is 0 Å². The normalized spacial score (nSPS) is 24.3. The second kappa shape index (κ2) is 5.86. The average molecular weight is 314 g/mol. The molecule has 0 aromatic heterocycles. The van der Waals surface area contributed by atoms with Gasteiger partial charge in [0.15, 0.2) is 0 Å². The van der Waals surface area contributed by atoms with Gasteiger partial charge >= 0.3 is 11.9 Å². The van der Waals surface area contributed by atoms with Crippen LogP contribution in [0.3, 0.4) is 0 Å². The van der Waals surface area contributed by atoms with Crippen molar-refractivity contribution in [3.8, 4) is 0 Å². The molecule has 2 rings (SSSR count). The van der Waals surface area contributed by atoms with Crippen molar-refractivity contribution in [2.75, 3.05) is 12.4 Å². The third-order valence-corrected chi connectivity index (χ3v) is 4.45. The fourth-order valence-corrected chi connectivity index (χ4v) is 3.39. The number of esters is 1. The number of nitrogens with zero attached hydrogens (tertiary/aromatic N) is 1. The van der Waals surface area contributed by atoms with E-state index in [-0.39, 0.29) is 29.9 Å². The van der Waals surface area contributed by atoms with E-state index in [4.69, 9.17) is 10.5 Å². The van der Waals surface area contributed by atoms with Gasteiger partial charge in [0.05, 0.1) is 0 Å². The lowest BCUT2D eigenvalue weighted by Gasteiger charge is -2.47. The number of carboxylic acid groups (broad SMARTS) is 1. The second-order valence-corrected chi connectivity index (χ2v) is 5.84. The molecule has 2 heterocycles. The maximum absolute atomic E-state index is 11.7. The van der Waals surface area contributed by atoms with Gasteiger partial charge in [0.1, 0.15) is 35.9 Å². The van der Waals surface area contributed by atoms with E-state index in [1.807, 2.05) is 0 Å². The van der Waals surface area contributed by atoms with Crippen molar-refractivity contribution in [3.05, 3.63) is 11.3 Å². The maximum atomic E-state index is 11.7. The standard InChI is InChI=1S/C12H14N2O6S/c1-5(15)2-7(16)20-3-6-4-21-11-8(13)10(17)14(11)9(6)12(18)19/h8,11H,2-4,13H2,1H3,(H,18,19)/t8?,11-/m1/s1. The summed E-state index contributed by atoms with van der Waals surface area (Å²) in [7, 11) is 0. The number of hydrogen-bond donors (Lipinski definition) is 2. The Balaban J connectivity index is 2.12. The molecule has 0 bridgehead atoms. The number of β-lactam (4-membered cyclic amide) rings is 1. The summed E-state index contributed by atoms with van der Waals surface area (Å²) in [6.07, 6.45) is -0.362. The number of nitrogens with two attached hydrogens (primary N) is 1. The highest BCUT2D eigenvalue weighted by molar-refractivity contribution is 8.00. The van der Waals surface area contributed by atoms with Crippen LogP contribution in [0.1, 0.15) is 13.3 Å². The quantitative estimate of drug-likeness (QED) is 0.379. The van der Waals surface area contributed by atoms with E-state index in [2.05, 4.69) is 0 Å². The highest BCUT2D eigenvalue weighted by atomic mass is 32.2. The van der Waals surface area contributed by atoms with Crippen LogP contribution in [0, 0.1) is 0 Å². The van der Waals surface area contributed by atoms with Gasteiger partial charge in [-0.05, 0) is 6.92 Å². The molecule has 0 aliphatic carbocycles. The Labute approximate surface area is 124 Å². The third-order valence-electron chi connectivity index (χ3n) is 3.09. The summed E-state index contributed by atoms with van der Waals surface area (Å²) in [6, 6.07) is -0.703. The Kier molecular flexibility index (Phi) is 4.33. The molecule has 1 fully saturated rings. The van der Waals surface area contributed by atoms with Gasteiger partial charge in [-0.3, -0.25) is 19.3 Å². The summed E-state index contributed by atoms with van der Waals surface area (Å²) >= 11 is 1.32. The molecule has 8 nitrogen and oxygen atoms in total. The van der Waals surface area contributed by atoms with Crippen LogP contribution in [0.2, 0.25) is 0 Å². The van der Waals surface area contributed by atoms with Crippen molar-refractivity contribution in [1.29, 1.82) is 0 Å². The molecule has 0 aromatic rings. The highest BCUT2D eigenvalue weighted by Crippen LogP contribution is 2.39. The predicted molar refractivity (Wildman–Crippen MR) is 72.0 cm³/mol. The molecular weight excluding hydrogens is 300 g/mol. The van der Waals surface area contributed by atoms with E-state index in [0.29, 0.717) is 11.3 Å². The average Bonchev–Trinajstić information content (AvgIpc) is 2.42. The molecule has 3 N–H and O–H groups in total. The van der Waals surface area contributed by atoms with Gasteiger partial charge in [-0.15, -0.1) is 11.8 Å². The number of fused-ring (bicyclic) bond motifs is 1. The van der Waals surface area contributed by atoms with Crippen LogP contribution in [-0.2, 0) is 23.9 Å². The molecule has 21 heavy (non-hydrogen) atoms. The minimum atomic E-state index is -1.27. The summed E-state index contributed by atoms with van der Waals surface area (Å²) in [5, 5.41) is 8.86. The number of ketones is 1. The Morgan fingerprint density at radius 3 is 2.71 bits per heavy atom. The third kappa shape index (κ3) is 2.93. The second-order valence-electron chi connectivity index (χ2n) is 4.73. The molecule has 2 atom stereocenters. The Hall–Kier alpha value is -1.87. The van der Waals surface area contributed by atoms with Crippen molar-refractivity contribution >= 4 is 35.4 Å². The SMILES string of the molecule is CC(=O)CC(=O)OCC1=C(C(=O)O)N2C(=O)C(N)[C@H]2SC1. The van der Waals surface area contributed by atoms with Crippen LogP contribution < -0.4 is 5.73 Å². The van der Waals surface area contributed by atoms with Crippen LogP contribution in [0.5, 0.6) is 0 Å². The molecule has 1 unspecified atom stereocenters. The summed E-state index contributed by atoms with van der Waals surface area (Å²) < 4.78 is 4.88. The fraction of sp³-hybridized carbons (Fsp3) is 0.500. The predicted octanol–water partition coefficient (Wildman–Crippen LogP) is -0.910. The smallest absolute Gasteiger partial charge is 0.352 e. The van der Waals surface area contributed by atoms with E-state index in [0.717, 1.165) is 4.90 Å². The van der Waals surface area contributed by atoms with Crippen LogP contribution in [0.25, 0.3) is 0 Å². The zero-order valence-corrected chi connectivity index (χ0v) is 12.0. The van der Waals surface area contributed by atoms with Crippen molar-refractivity contribution in [2.45, 2.75) is 24.8 Å². The first kappa shape index (κ1) is 15.5. The number of ether oxygens (including phenoxy) is 1. The first-order valence-corrected chi connectivity index (χ1v) is 7.18. The molecule has 0 aromatic carbocycles. The van der Waals surface area contributed by atoms with Crippen molar-refractivity contribution in [1.82, 2.24) is 4.90 Å². The maximum Gasteiger partial charge on any atom is 0.352 e. The molecule has 1 amide bonds. The monoisotopic (exact) mass is 314 g/mol. The number of hydrogen-bond acceptors (Lipinski definition) is 7. The van der Waals surface area contributed by atoms with Crippen molar-refractivity contribution in [2.24, 2.45) is 5.73 Å². The zero-order valence-electron chi connectivity index (χ0n) is 11.2. The molecule has 2 aliphatic heterocycles. The van der Waals surface area contributed by atoms with Crippen molar-refractivity contribution in [3.63, 3.8) is 0 Å². The molecular formula is C12H14N2O6S. The first-order valence-electron chi connectivity index (χ1n) is 6.13. The lowest BCUT2D eigenvalue weighted by atomic mass is 10.0. The summed E-state index contributed by atoms with van der Waals surface area (Å²) in [5.74, 6) is -2.49. The number of amides is 1. The van der Waals surface area contributed by atoms with E-state index in [1.165, 1.54) is 18.7 Å². The Morgan fingerprint density at radius 2 is 2.14 bits per heavy atom. The Bertz CT molecular complexity index is 558. The van der Waals surface area contributed by atoms with Crippen LogP contribution in [0.4, 0.5) is 0 Å². The van der Waals surface area contributed by atoms with Gasteiger partial charge in [0, 0.05) is 11.3 Å². The number of carbonyl (C=O) groups excluding carboxylic acids is 3. The van der Waals surface area contributed by atoms with Crippen LogP contribution in [-0.4, -0.2) is 57.4 Å². The Morgan fingerprint density at radius 1 is 1.48 bits per heavy atom.